The third-order valence-electron chi connectivity index (χ3n) is 4.04. The fraction of sp³-hybridized carbons (Fsp3) is 0.100. The van der Waals surface area contributed by atoms with Crippen molar-refractivity contribution in [3.05, 3.63) is 66.0 Å². The molecule has 0 spiro atoms. The standard InChI is InChI=1S/C20H21N7O2/c1-12-5-3-4-6-16(12)20(29)27-26-19-17(21)18(22-11-23-19)25-15-9-7-14(8-10-15)24-13(2)28/h3-11H,21H2,1-2H3,(H,24,28)(H,27,29)(H2,22,23,25,26). The average Bonchev–Trinajstić information content (AvgIpc) is 2.70. The number of nitrogens with two attached hydrogens (primary N) is 1. The first-order valence-corrected chi connectivity index (χ1v) is 8.81. The van der Waals surface area contributed by atoms with Crippen LogP contribution in [0.1, 0.15) is 22.8 Å². The molecule has 29 heavy (non-hydrogen) atoms. The van der Waals surface area contributed by atoms with E-state index in [0.717, 1.165) is 11.3 Å². The molecule has 0 saturated heterocycles. The van der Waals surface area contributed by atoms with Gasteiger partial charge in [-0.3, -0.25) is 20.4 Å². The summed E-state index contributed by atoms with van der Waals surface area (Å²) < 4.78 is 0. The number of nitrogens with one attached hydrogen (secondary N) is 4. The number of aromatic nitrogens is 2. The molecular formula is C20H21N7O2. The maximum absolute atomic E-state index is 12.3. The lowest BCUT2D eigenvalue weighted by atomic mass is 10.1. The molecule has 9 nitrogen and oxygen atoms in total. The number of anilines is 5. The van der Waals surface area contributed by atoms with Crippen molar-refractivity contribution in [2.75, 3.05) is 21.8 Å². The molecule has 0 bridgehead atoms. The van der Waals surface area contributed by atoms with Gasteiger partial charge in [0.1, 0.15) is 12.0 Å². The van der Waals surface area contributed by atoms with Crippen molar-refractivity contribution >= 4 is 40.5 Å². The molecule has 2 amide bonds. The quantitative estimate of drug-likeness (QED) is 0.408. The van der Waals surface area contributed by atoms with Gasteiger partial charge in [-0.2, -0.15) is 0 Å². The summed E-state index contributed by atoms with van der Waals surface area (Å²) >= 11 is 0. The van der Waals surface area contributed by atoms with Gasteiger partial charge >= 0.3 is 0 Å². The highest BCUT2D eigenvalue weighted by Gasteiger charge is 2.11. The molecule has 0 atom stereocenters. The summed E-state index contributed by atoms with van der Waals surface area (Å²) in [5.41, 5.74) is 14.5. The zero-order valence-corrected chi connectivity index (χ0v) is 16.0. The van der Waals surface area contributed by atoms with E-state index in [4.69, 9.17) is 5.73 Å². The number of nitrogens with zero attached hydrogens (tertiary/aromatic N) is 2. The van der Waals surface area contributed by atoms with Crippen LogP contribution in [0.4, 0.5) is 28.7 Å². The number of hydrazine groups is 1. The van der Waals surface area contributed by atoms with Gasteiger partial charge in [0.2, 0.25) is 5.91 Å². The van der Waals surface area contributed by atoms with Crippen LogP contribution in [0, 0.1) is 6.92 Å². The van der Waals surface area contributed by atoms with Crippen molar-refractivity contribution in [3.63, 3.8) is 0 Å². The Morgan fingerprint density at radius 1 is 0.931 bits per heavy atom. The van der Waals surface area contributed by atoms with Gasteiger partial charge in [-0.05, 0) is 42.8 Å². The van der Waals surface area contributed by atoms with Crippen molar-refractivity contribution in [2.45, 2.75) is 13.8 Å². The van der Waals surface area contributed by atoms with E-state index < -0.39 is 0 Å². The highest BCUT2D eigenvalue weighted by atomic mass is 16.2. The van der Waals surface area contributed by atoms with Crippen LogP contribution >= 0.6 is 0 Å². The van der Waals surface area contributed by atoms with Crippen molar-refractivity contribution in [1.82, 2.24) is 15.4 Å². The number of hydrogen-bond donors (Lipinski definition) is 5. The Morgan fingerprint density at radius 3 is 2.28 bits per heavy atom. The van der Waals surface area contributed by atoms with Crippen LogP contribution in [0.25, 0.3) is 0 Å². The summed E-state index contributed by atoms with van der Waals surface area (Å²) in [6, 6.07) is 14.3. The minimum Gasteiger partial charge on any atom is -0.393 e. The molecule has 0 aliphatic carbocycles. The molecule has 1 aromatic heterocycles. The molecule has 3 aromatic rings. The molecule has 148 valence electrons. The maximum Gasteiger partial charge on any atom is 0.269 e. The molecule has 0 aliphatic rings. The Bertz CT molecular complexity index is 1040. The Hall–Kier alpha value is -4.14. The fourth-order valence-electron chi connectivity index (χ4n) is 2.58. The van der Waals surface area contributed by atoms with Gasteiger partial charge in [0, 0.05) is 23.9 Å². The minimum atomic E-state index is -0.302. The molecule has 2 aromatic carbocycles. The van der Waals surface area contributed by atoms with Crippen molar-refractivity contribution in [2.24, 2.45) is 0 Å². The Labute approximate surface area is 167 Å². The second-order valence-electron chi connectivity index (χ2n) is 6.26. The Balaban J connectivity index is 1.68. The summed E-state index contributed by atoms with van der Waals surface area (Å²) in [6.07, 6.45) is 1.33. The number of carbonyl (C=O) groups is 2. The molecule has 0 saturated carbocycles. The van der Waals surface area contributed by atoms with Crippen LogP contribution in [-0.4, -0.2) is 21.8 Å². The number of amides is 2. The fourth-order valence-corrected chi connectivity index (χ4v) is 2.58. The molecule has 3 rings (SSSR count). The van der Waals surface area contributed by atoms with E-state index in [1.54, 1.807) is 36.4 Å². The first-order valence-electron chi connectivity index (χ1n) is 8.81. The van der Waals surface area contributed by atoms with Crippen LogP contribution in [0.5, 0.6) is 0 Å². The molecule has 0 radical (unpaired) electrons. The van der Waals surface area contributed by atoms with Gasteiger partial charge in [0.05, 0.1) is 0 Å². The van der Waals surface area contributed by atoms with Crippen molar-refractivity contribution in [3.8, 4) is 0 Å². The van der Waals surface area contributed by atoms with Gasteiger partial charge in [-0.1, -0.05) is 18.2 Å². The Kier molecular flexibility index (Phi) is 5.88. The molecule has 6 N–H and O–H groups in total. The van der Waals surface area contributed by atoms with E-state index in [0.29, 0.717) is 17.1 Å². The Morgan fingerprint density at radius 2 is 1.59 bits per heavy atom. The first-order chi connectivity index (χ1) is 13.9. The highest BCUT2D eigenvalue weighted by Crippen LogP contribution is 2.26. The average molecular weight is 391 g/mol. The summed E-state index contributed by atoms with van der Waals surface area (Å²) in [5, 5.41) is 5.77. The van der Waals surface area contributed by atoms with Gasteiger partial charge in [-0.25, -0.2) is 9.97 Å². The smallest absolute Gasteiger partial charge is 0.269 e. The van der Waals surface area contributed by atoms with E-state index in [1.807, 2.05) is 19.1 Å². The lowest BCUT2D eigenvalue weighted by Gasteiger charge is -2.14. The summed E-state index contributed by atoms with van der Waals surface area (Å²) in [6.45, 7) is 3.30. The third-order valence-corrected chi connectivity index (χ3v) is 4.04. The highest BCUT2D eigenvalue weighted by molar-refractivity contribution is 5.96. The van der Waals surface area contributed by atoms with Gasteiger partial charge < -0.3 is 16.4 Å². The summed E-state index contributed by atoms with van der Waals surface area (Å²) in [7, 11) is 0. The lowest BCUT2D eigenvalue weighted by Crippen LogP contribution is -2.30. The number of rotatable bonds is 6. The number of benzene rings is 2. The predicted molar refractivity (Wildman–Crippen MR) is 113 cm³/mol. The molecule has 9 heteroatoms. The van der Waals surface area contributed by atoms with E-state index in [1.165, 1.54) is 13.3 Å². The van der Waals surface area contributed by atoms with Gasteiger partial charge in [0.25, 0.3) is 5.91 Å². The number of hydrogen-bond acceptors (Lipinski definition) is 7. The third kappa shape index (κ3) is 4.98. The van der Waals surface area contributed by atoms with E-state index in [-0.39, 0.29) is 23.3 Å². The van der Waals surface area contributed by atoms with E-state index in [9.17, 15) is 9.59 Å². The van der Waals surface area contributed by atoms with Crippen LogP contribution in [0.15, 0.2) is 54.9 Å². The second-order valence-corrected chi connectivity index (χ2v) is 6.26. The SMILES string of the molecule is CC(=O)Nc1ccc(Nc2ncnc(NNC(=O)c3ccccc3C)c2N)cc1. The van der Waals surface area contributed by atoms with Gasteiger partial charge in [-0.15, -0.1) is 0 Å². The molecule has 0 unspecified atom stereocenters. The normalized spacial score (nSPS) is 10.1. The largest absolute Gasteiger partial charge is 0.393 e. The molecule has 0 aliphatic heterocycles. The summed E-state index contributed by atoms with van der Waals surface area (Å²) in [4.78, 5) is 31.6. The monoisotopic (exact) mass is 391 g/mol. The number of carbonyl (C=O) groups excluding carboxylic acids is 2. The molecule has 0 fully saturated rings. The van der Waals surface area contributed by atoms with Crippen molar-refractivity contribution in [1.29, 1.82) is 0 Å². The zero-order valence-electron chi connectivity index (χ0n) is 16.0. The van der Waals surface area contributed by atoms with Gasteiger partial charge in [0.15, 0.2) is 11.6 Å². The minimum absolute atomic E-state index is 0.144. The maximum atomic E-state index is 12.3. The molecular weight excluding hydrogens is 370 g/mol. The van der Waals surface area contributed by atoms with Crippen molar-refractivity contribution < 1.29 is 9.59 Å². The van der Waals surface area contributed by atoms with Crippen LogP contribution in [0.3, 0.4) is 0 Å². The van der Waals surface area contributed by atoms with E-state index in [2.05, 4.69) is 31.5 Å². The molecule has 1 heterocycles. The summed E-state index contributed by atoms with van der Waals surface area (Å²) in [5.74, 6) is 0.192. The van der Waals surface area contributed by atoms with E-state index >= 15 is 0 Å². The predicted octanol–water partition coefficient (Wildman–Crippen LogP) is 2.83. The first kappa shape index (κ1) is 19.6. The number of nitrogen functional groups attached to an aromatic ring is 1. The van der Waals surface area contributed by atoms with Crippen LogP contribution in [-0.2, 0) is 4.79 Å². The van der Waals surface area contributed by atoms with Crippen LogP contribution < -0.4 is 27.2 Å². The lowest BCUT2D eigenvalue weighted by molar-refractivity contribution is -0.114. The number of aryl methyl sites for hydroxylation is 1. The topological polar surface area (TPSA) is 134 Å². The zero-order chi connectivity index (χ0) is 20.8. The second kappa shape index (κ2) is 8.70. The van der Waals surface area contributed by atoms with Crippen LogP contribution in [0.2, 0.25) is 0 Å².